The Labute approximate surface area is 122 Å². The fourth-order valence-corrected chi connectivity index (χ4v) is 2.92. The number of nitrogens with zero attached hydrogens (tertiary/aromatic N) is 1. The summed E-state index contributed by atoms with van der Waals surface area (Å²) >= 11 is 8.69. The molecule has 17 heavy (non-hydrogen) atoms. The van der Waals surface area contributed by atoms with Crippen LogP contribution in [0.1, 0.15) is 23.7 Å². The van der Waals surface area contributed by atoms with Gasteiger partial charge in [0.1, 0.15) is 0 Å². The predicted molar refractivity (Wildman–Crippen MR) is 80.7 cm³/mol. The Kier molecular flexibility index (Phi) is 4.22. The Bertz CT molecular complexity index is 525. The van der Waals surface area contributed by atoms with E-state index in [2.05, 4.69) is 60.5 Å². The normalized spacial score (nSPS) is 12.5. The maximum Gasteiger partial charge on any atom is 0.0898 e. The minimum atomic E-state index is 0.200. The first-order valence-electron chi connectivity index (χ1n) is 5.20. The lowest BCUT2D eigenvalue weighted by Gasteiger charge is -2.14. The third-order valence-corrected chi connectivity index (χ3v) is 4.36. The average Bonchev–Trinajstić information content (AvgIpc) is 2.70. The zero-order chi connectivity index (χ0) is 12.4. The van der Waals surface area contributed by atoms with E-state index in [1.807, 2.05) is 19.1 Å². The monoisotopic (exact) mass is 374 g/mol. The molecule has 0 aliphatic rings. The van der Waals surface area contributed by atoms with Crippen molar-refractivity contribution in [3.8, 4) is 0 Å². The van der Waals surface area contributed by atoms with E-state index in [4.69, 9.17) is 0 Å². The lowest BCUT2D eigenvalue weighted by atomic mass is 10.2. The lowest BCUT2D eigenvalue weighted by molar-refractivity contribution is 0.844. The van der Waals surface area contributed by atoms with Crippen LogP contribution in [0.3, 0.4) is 0 Å². The number of hydrogen-bond donors (Lipinski definition) is 1. The number of thiazole rings is 1. The summed E-state index contributed by atoms with van der Waals surface area (Å²) in [5.41, 5.74) is 2.15. The van der Waals surface area contributed by atoms with E-state index in [0.29, 0.717) is 0 Å². The van der Waals surface area contributed by atoms with Gasteiger partial charge in [-0.1, -0.05) is 15.9 Å². The summed E-state index contributed by atoms with van der Waals surface area (Å²) in [4.78, 5) is 4.49. The van der Waals surface area contributed by atoms with Crippen LogP contribution in [0, 0.1) is 6.92 Å². The molecule has 0 spiro atoms. The highest BCUT2D eigenvalue weighted by atomic mass is 79.9. The zero-order valence-corrected chi connectivity index (χ0v) is 13.5. The first-order chi connectivity index (χ1) is 8.06. The molecule has 1 N–H and O–H groups in total. The van der Waals surface area contributed by atoms with E-state index in [9.17, 15) is 0 Å². The molecule has 2 nitrogen and oxygen atoms in total. The van der Waals surface area contributed by atoms with Crippen LogP contribution >= 0.6 is 43.2 Å². The van der Waals surface area contributed by atoms with Gasteiger partial charge in [-0.15, -0.1) is 11.3 Å². The zero-order valence-electron chi connectivity index (χ0n) is 9.50. The molecule has 2 aromatic rings. The summed E-state index contributed by atoms with van der Waals surface area (Å²) in [5.74, 6) is 0. The van der Waals surface area contributed by atoms with Crippen molar-refractivity contribution in [2.45, 2.75) is 19.9 Å². The maximum atomic E-state index is 4.49. The second-order valence-corrected chi connectivity index (χ2v) is 6.61. The minimum Gasteiger partial charge on any atom is -0.376 e. The van der Waals surface area contributed by atoms with Gasteiger partial charge < -0.3 is 5.32 Å². The second kappa shape index (κ2) is 5.50. The second-order valence-electron chi connectivity index (χ2n) is 3.78. The van der Waals surface area contributed by atoms with E-state index in [0.717, 1.165) is 25.3 Å². The van der Waals surface area contributed by atoms with Crippen LogP contribution in [-0.2, 0) is 0 Å². The molecule has 5 heteroatoms. The minimum absolute atomic E-state index is 0.200. The smallest absolute Gasteiger partial charge is 0.0898 e. The SMILES string of the molecule is Cc1nc(C(C)Nc2cc(Br)ccc2Br)cs1. The Morgan fingerprint density at radius 1 is 1.35 bits per heavy atom. The summed E-state index contributed by atoms with van der Waals surface area (Å²) in [6, 6.07) is 6.28. The van der Waals surface area contributed by atoms with Gasteiger partial charge in [0.05, 0.1) is 22.4 Å². The van der Waals surface area contributed by atoms with E-state index in [1.54, 1.807) is 11.3 Å². The number of aryl methyl sites for hydroxylation is 1. The molecule has 0 amide bonds. The Morgan fingerprint density at radius 2 is 2.12 bits per heavy atom. The Hall–Kier alpha value is -0.390. The van der Waals surface area contributed by atoms with Gasteiger partial charge in [0.15, 0.2) is 0 Å². The van der Waals surface area contributed by atoms with Crippen molar-refractivity contribution in [1.29, 1.82) is 0 Å². The molecule has 2 rings (SSSR count). The summed E-state index contributed by atoms with van der Waals surface area (Å²) < 4.78 is 2.12. The van der Waals surface area contributed by atoms with Crippen LogP contribution in [0.25, 0.3) is 0 Å². The molecule has 0 fully saturated rings. The third kappa shape index (κ3) is 3.30. The molecule has 0 saturated heterocycles. The molecule has 0 aliphatic carbocycles. The fourth-order valence-electron chi connectivity index (χ4n) is 1.49. The van der Waals surface area contributed by atoms with Gasteiger partial charge in [-0.2, -0.15) is 0 Å². The maximum absolute atomic E-state index is 4.49. The Morgan fingerprint density at radius 3 is 2.76 bits per heavy atom. The van der Waals surface area contributed by atoms with Gasteiger partial charge in [0.2, 0.25) is 0 Å². The van der Waals surface area contributed by atoms with Crippen molar-refractivity contribution in [3.05, 3.63) is 43.2 Å². The van der Waals surface area contributed by atoms with Crippen molar-refractivity contribution in [2.24, 2.45) is 0 Å². The van der Waals surface area contributed by atoms with Crippen molar-refractivity contribution in [2.75, 3.05) is 5.32 Å². The van der Waals surface area contributed by atoms with Crippen LogP contribution < -0.4 is 5.32 Å². The number of halogens is 2. The van der Waals surface area contributed by atoms with Crippen molar-refractivity contribution < 1.29 is 0 Å². The van der Waals surface area contributed by atoms with Crippen LogP contribution in [0.15, 0.2) is 32.5 Å². The van der Waals surface area contributed by atoms with Gasteiger partial charge in [0.25, 0.3) is 0 Å². The molecule has 1 aromatic heterocycles. The molecular weight excluding hydrogens is 364 g/mol. The van der Waals surface area contributed by atoms with Crippen LogP contribution in [0.5, 0.6) is 0 Å². The standard InChI is InChI=1S/C12H12Br2N2S/c1-7(12-6-17-8(2)16-12)15-11-5-9(13)3-4-10(11)14/h3-7,15H,1-2H3. The largest absolute Gasteiger partial charge is 0.376 e. The molecule has 1 aromatic carbocycles. The summed E-state index contributed by atoms with van der Waals surface area (Å²) in [6.07, 6.45) is 0. The van der Waals surface area contributed by atoms with Crippen molar-refractivity contribution in [1.82, 2.24) is 4.98 Å². The van der Waals surface area contributed by atoms with E-state index >= 15 is 0 Å². The van der Waals surface area contributed by atoms with Crippen LogP contribution in [0.4, 0.5) is 5.69 Å². The molecule has 1 heterocycles. The number of nitrogens with one attached hydrogen (secondary N) is 1. The van der Waals surface area contributed by atoms with Gasteiger partial charge in [-0.05, 0) is 48.0 Å². The molecule has 1 atom stereocenters. The highest BCUT2D eigenvalue weighted by Crippen LogP contribution is 2.29. The van der Waals surface area contributed by atoms with Crippen LogP contribution in [0.2, 0.25) is 0 Å². The molecule has 1 unspecified atom stereocenters. The Balaban J connectivity index is 2.18. The van der Waals surface area contributed by atoms with E-state index < -0.39 is 0 Å². The van der Waals surface area contributed by atoms with Gasteiger partial charge in [-0.25, -0.2) is 4.98 Å². The van der Waals surface area contributed by atoms with Gasteiger partial charge in [0, 0.05) is 14.3 Å². The average molecular weight is 376 g/mol. The van der Waals surface area contributed by atoms with Gasteiger partial charge >= 0.3 is 0 Å². The molecule has 0 saturated carbocycles. The van der Waals surface area contributed by atoms with Crippen molar-refractivity contribution in [3.63, 3.8) is 0 Å². The summed E-state index contributed by atoms with van der Waals surface area (Å²) in [6.45, 7) is 4.14. The predicted octanol–water partition coefficient (Wildman–Crippen LogP) is 5.15. The topological polar surface area (TPSA) is 24.9 Å². The number of anilines is 1. The lowest BCUT2D eigenvalue weighted by Crippen LogP contribution is -2.07. The summed E-state index contributed by atoms with van der Waals surface area (Å²) in [5, 5.41) is 6.64. The first kappa shape index (κ1) is 13.1. The first-order valence-corrected chi connectivity index (χ1v) is 7.66. The highest BCUT2D eigenvalue weighted by molar-refractivity contribution is 9.11. The highest BCUT2D eigenvalue weighted by Gasteiger charge is 2.10. The molecule has 0 aliphatic heterocycles. The van der Waals surface area contributed by atoms with Crippen molar-refractivity contribution >= 4 is 48.9 Å². The van der Waals surface area contributed by atoms with Crippen LogP contribution in [-0.4, -0.2) is 4.98 Å². The van der Waals surface area contributed by atoms with E-state index in [-0.39, 0.29) is 6.04 Å². The van der Waals surface area contributed by atoms with Gasteiger partial charge in [-0.3, -0.25) is 0 Å². The third-order valence-electron chi connectivity index (χ3n) is 2.38. The van der Waals surface area contributed by atoms with E-state index in [1.165, 1.54) is 0 Å². The fraction of sp³-hybridized carbons (Fsp3) is 0.250. The number of aromatic nitrogens is 1. The molecular formula is C12H12Br2N2S. The molecule has 0 bridgehead atoms. The summed E-state index contributed by atoms with van der Waals surface area (Å²) in [7, 11) is 0. The number of benzene rings is 1. The number of hydrogen-bond acceptors (Lipinski definition) is 3. The molecule has 90 valence electrons. The number of rotatable bonds is 3. The molecule has 0 radical (unpaired) electrons. The quantitative estimate of drug-likeness (QED) is 0.802.